The Morgan fingerprint density at radius 1 is 1.57 bits per heavy atom. The van der Waals surface area contributed by atoms with Crippen molar-refractivity contribution in [3.63, 3.8) is 0 Å². The van der Waals surface area contributed by atoms with Crippen molar-refractivity contribution in [3.8, 4) is 5.75 Å². The van der Waals surface area contributed by atoms with Gasteiger partial charge in [0, 0.05) is 6.61 Å². The molecular weight excluding hydrogens is 274 g/mol. The van der Waals surface area contributed by atoms with E-state index in [0.29, 0.717) is 18.0 Å². The average Bonchev–Trinajstić information content (AvgIpc) is 2.92. The van der Waals surface area contributed by atoms with Gasteiger partial charge in [0.2, 0.25) is 0 Å². The normalized spacial score (nSPS) is 22.0. The number of rotatable bonds is 5. The molecule has 2 rings (SSSR count). The zero-order valence-corrected chi connectivity index (χ0v) is 11.8. The number of amidine groups is 1. The first-order valence-electron chi connectivity index (χ1n) is 6.72. The molecule has 2 unspecified atom stereocenters. The van der Waals surface area contributed by atoms with Crippen LogP contribution in [-0.4, -0.2) is 36.3 Å². The van der Waals surface area contributed by atoms with Gasteiger partial charge < -0.3 is 25.7 Å². The zero-order valence-electron chi connectivity index (χ0n) is 11.8. The second-order valence-electron chi connectivity index (χ2n) is 4.92. The van der Waals surface area contributed by atoms with Gasteiger partial charge in [0.05, 0.1) is 5.69 Å². The highest BCUT2D eigenvalue weighted by Crippen LogP contribution is 2.26. The predicted molar refractivity (Wildman–Crippen MR) is 77.5 cm³/mol. The monoisotopic (exact) mass is 293 g/mol. The van der Waals surface area contributed by atoms with E-state index in [1.807, 2.05) is 6.92 Å². The molecule has 1 aromatic rings. The van der Waals surface area contributed by atoms with Crippen LogP contribution in [0.3, 0.4) is 0 Å². The summed E-state index contributed by atoms with van der Waals surface area (Å²) < 4.78 is 10.8. The van der Waals surface area contributed by atoms with Gasteiger partial charge in [-0.2, -0.15) is 0 Å². The summed E-state index contributed by atoms with van der Waals surface area (Å²) in [4.78, 5) is 12.2. The van der Waals surface area contributed by atoms with Crippen LogP contribution in [-0.2, 0) is 9.53 Å². The summed E-state index contributed by atoms with van der Waals surface area (Å²) in [7, 11) is 0. The molecule has 1 aromatic carbocycles. The highest BCUT2D eigenvalue weighted by Gasteiger charge is 2.31. The van der Waals surface area contributed by atoms with Crippen LogP contribution < -0.4 is 15.8 Å². The Bertz CT molecular complexity index is 533. The molecule has 0 spiro atoms. The summed E-state index contributed by atoms with van der Waals surface area (Å²) in [6.45, 7) is 2.51. The molecule has 0 radical (unpaired) electrons. The van der Waals surface area contributed by atoms with Crippen molar-refractivity contribution in [1.82, 2.24) is 0 Å². The van der Waals surface area contributed by atoms with Gasteiger partial charge in [-0.1, -0.05) is 24.2 Å². The molecular formula is C14H19N3O4. The number of carbonyl (C=O) groups is 1. The first kappa shape index (κ1) is 15.1. The number of benzene rings is 1. The zero-order chi connectivity index (χ0) is 15.2. The van der Waals surface area contributed by atoms with Gasteiger partial charge in [-0.25, -0.2) is 0 Å². The van der Waals surface area contributed by atoms with Gasteiger partial charge in [-0.15, -0.1) is 0 Å². The number of hydrogen-bond donors (Lipinski definition) is 3. The molecule has 1 aliphatic rings. The average molecular weight is 293 g/mol. The molecule has 0 aliphatic carbocycles. The number of nitrogens with one attached hydrogen (secondary N) is 1. The SMILES string of the molecule is CC1CCOC1C(=O)Nc1ccccc1OC/C(N)=N/O. The number of carbonyl (C=O) groups excluding carboxylic acids is 1. The molecule has 2 atom stereocenters. The first-order valence-corrected chi connectivity index (χ1v) is 6.72. The quantitative estimate of drug-likeness (QED) is 0.327. The van der Waals surface area contributed by atoms with E-state index in [2.05, 4.69) is 10.5 Å². The summed E-state index contributed by atoms with van der Waals surface area (Å²) in [5, 5.41) is 14.1. The van der Waals surface area contributed by atoms with Crippen LogP contribution in [0, 0.1) is 5.92 Å². The molecule has 7 heteroatoms. The molecule has 7 nitrogen and oxygen atoms in total. The highest BCUT2D eigenvalue weighted by molar-refractivity contribution is 5.95. The van der Waals surface area contributed by atoms with Gasteiger partial charge in [0.1, 0.15) is 18.5 Å². The molecule has 0 aromatic heterocycles. The van der Waals surface area contributed by atoms with E-state index in [4.69, 9.17) is 20.4 Å². The fraction of sp³-hybridized carbons (Fsp3) is 0.429. The summed E-state index contributed by atoms with van der Waals surface area (Å²) in [5.41, 5.74) is 5.88. The van der Waals surface area contributed by atoms with E-state index in [-0.39, 0.29) is 24.3 Å². The number of para-hydroxylation sites is 2. The standard InChI is InChI=1S/C14H19N3O4/c1-9-6-7-20-13(9)14(18)16-10-4-2-3-5-11(10)21-8-12(15)17-19/h2-5,9,13,19H,6-8H2,1H3,(H2,15,17)(H,16,18). The van der Waals surface area contributed by atoms with Crippen LogP contribution in [0.5, 0.6) is 5.75 Å². The summed E-state index contributed by atoms with van der Waals surface area (Å²) in [5.74, 6) is 0.391. The van der Waals surface area contributed by atoms with Gasteiger partial charge in [-0.3, -0.25) is 4.79 Å². The van der Waals surface area contributed by atoms with Crippen LogP contribution in [0.1, 0.15) is 13.3 Å². The van der Waals surface area contributed by atoms with Gasteiger partial charge >= 0.3 is 0 Å². The Labute approximate surface area is 122 Å². The van der Waals surface area contributed by atoms with E-state index < -0.39 is 6.10 Å². The van der Waals surface area contributed by atoms with Gasteiger partial charge in [-0.05, 0) is 24.5 Å². The molecule has 0 saturated carbocycles. The molecule has 114 valence electrons. The summed E-state index contributed by atoms with van der Waals surface area (Å²) >= 11 is 0. The lowest BCUT2D eigenvalue weighted by Crippen LogP contribution is -2.31. The van der Waals surface area contributed by atoms with Crippen LogP contribution >= 0.6 is 0 Å². The minimum atomic E-state index is -0.442. The van der Waals surface area contributed by atoms with Gasteiger partial charge in [0.15, 0.2) is 5.84 Å². The van der Waals surface area contributed by atoms with Crippen LogP contribution in [0.15, 0.2) is 29.4 Å². The number of hydrogen-bond acceptors (Lipinski definition) is 5. The summed E-state index contributed by atoms with van der Waals surface area (Å²) in [6, 6.07) is 6.97. The number of amides is 1. The first-order chi connectivity index (χ1) is 10.1. The molecule has 1 heterocycles. The minimum Gasteiger partial charge on any atom is -0.483 e. The Hall–Kier alpha value is -2.28. The largest absolute Gasteiger partial charge is 0.483 e. The van der Waals surface area contributed by atoms with Crippen molar-refractivity contribution in [3.05, 3.63) is 24.3 Å². The molecule has 4 N–H and O–H groups in total. The Kier molecular flexibility index (Phi) is 4.99. The molecule has 21 heavy (non-hydrogen) atoms. The smallest absolute Gasteiger partial charge is 0.253 e. The minimum absolute atomic E-state index is 0.0520. The van der Waals surface area contributed by atoms with E-state index in [1.54, 1.807) is 24.3 Å². The Morgan fingerprint density at radius 2 is 2.33 bits per heavy atom. The maximum Gasteiger partial charge on any atom is 0.253 e. The third kappa shape index (κ3) is 3.85. The van der Waals surface area contributed by atoms with Crippen LogP contribution in [0.2, 0.25) is 0 Å². The van der Waals surface area contributed by atoms with Crippen LogP contribution in [0.25, 0.3) is 0 Å². The third-order valence-electron chi connectivity index (χ3n) is 3.29. The second-order valence-corrected chi connectivity index (χ2v) is 4.92. The topological polar surface area (TPSA) is 106 Å². The lowest BCUT2D eigenvalue weighted by atomic mass is 10.0. The van der Waals surface area contributed by atoms with Crippen molar-refractivity contribution < 1.29 is 19.5 Å². The van der Waals surface area contributed by atoms with E-state index in [1.165, 1.54) is 0 Å². The number of oxime groups is 1. The molecule has 1 aliphatic heterocycles. The highest BCUT2D eigenvalue weighted by atomic mass is 16.5. The molecule has 1 saturated heterocycles. The maximum atomic E-state index is 12.2. The van der Waals surface area contributed by atoms with Crippen molar-refractivity contribution in [1.29, 1.82) is 0 Å². The Morgan fingerprint density at radius 3 is 3.00 bits per heavy atom. The van der Waals surface area contributed by atoms with Crippen molar-refractivity contribution >= 4 is 17.4 Å². The van der Waals surface area contributed by atoms with Gasteiger partial charge in [0.25, 0.3) is 5.91 Å². The second kappa shape index (κ2) is 6.94. The lowest BCUT2D eigenvalue weighted by Gasteiger charge is -2.16. The van der Waals surface area contributed by atoms with E-state index in [0.717, 1.165) is 6.42 Å². The third-order valence-corrected chi connectivity index (χ3v) is 3.29. The number of nitrogens with two attached hydrogens (primary N) is 1. The lowest BCUT2D eigenvalue weighted by molar-refractivity contribution is -0.126. The molecule has 1 amide bonds. The Balaban J connectivity index is 2.04. The van der Waals surface area contributed by atoms with Crippen molar-refractivity contribution in [2.24, 2.45) is 16.8 Å². The number of anilines is 1. The molecule has 1 fully saturated rings. The predicted octanol–water partition coefficient (Wildman–Crippen LogP) is 1.18. The fourth-order valence-electron chi connectivity index (χ4n) is 2.11. The number of nitrogens with zero attached hydrogens (tertiary/aromatic N) is 1. The summed E-state index contributed by atoms with van der Waals surface area (Å²) in [6.07, 6.45) is 0.432. The van der Waals surface area contributed by atoms with Crippen LogP contribution in [0.4, 0.5) is 5.69 Å². The van der Waals surface area contributed by atoms with Crippen molar-refractivity contribution in [2.45, 2.75) is 19.4 Å². The van der Waals surface area contributed by atoms with E-state index >= 15 is 0 Å². The van der Waals surface area contributed by atoms with Crippen molar-refractivity contribution in [2.75, 3.05) is 18.5 Å². The van der Waals surface area contributed by atoms with E-state index in [9.17, 15) is 4.79 Å². The molecule has 0 bridgehead atoms. The number of ether oxygens (including phenoxy) is 2. The fourth-order valence-corrected chi connectivity index (χ4v) is 2.11. The maximum absolute atomic E-state index is 12.2.